The van der Waals surface area contributed by atoms with Crippen molar-refractivity contribution < 1.29 is 0 Å². The summed E-state index contributed by atoms with van der Waals surface area (Å²) in [5.74, 6) is 1.96. The van der Waals surface area contributed by atoms with E-state index in [1.165, 1.54) is 31.5 Å². The van der Waals surface area contributed by atoms with Gasteiger partial charge in [-0.1, -0.05) is 13.3 Å². The SMILES string of the molecule is CCNC1CCCC(c2nccn2CC)C1. The molecular weight excluding hydrogens is 198 g/mol. The van der Waals surface area contributed by atoms with Gasteiger partial charge in [-0.15, -0.1) is 0 Å². The minimum atomic E-state index is 0.660. The Balaban J connectivity index is 2.03. The number of nitrogens with one attached hydrogen (secondary N) is 1. The Hall–Kier alpha value is -0.830. The topological polar surface area (TPSA) is 29.9 Å². The summed E-state index contributed by atoms with van der Waals surface area (Å²) in [5.41, 5.74) is 0. The van der Waals surface area contributed by atoms with Crippen molar-refractivity contribution in [2.75, 3.05) is 6.54 Å². The smallest absolute Gasteiger partial charge is 0.111 e. The van der Waals surface area contributed by atoms with Crippen LogP contribution in [0.5, 0.6) is 0 Å². The Labute approximate surface area is 98.3 Å². The van der Waals surface area contributed by atoms with E-state index in [9.17, 15) is 0 Å². The van der Waals surface area contributed by atoms with Gasteiger partial charge in [-0.05, 0) is 32.7 Å². The van der Waals surface area contributed by atoms with Gasteiger partial charge < -0.3 is 9.88 Å². The Morgan fingerprint density at radius 3 is 3.06 bits per heavy atom. The predicted octanol–water partition coefficient (Wildman–Crippen LogP) is 2.54. The zero-order valence-corrected chi connectivity index (χ0v) is 10.4. The molecule has 2 rings (SSSR count). The van der Waals surface area contributed by atoms with Crippen molar-refractivity contribution >= 4 is 0 Å². The van der Waals surface area contributed by atoms with Crippen molar-refractivity contribution in [3.05, 3.63) is 18.2 Å². The van der Waals surface area contributed by atoms with Gasteiger partial charge in [-0.3, -0.25) is 0 Å². The highest BCUT2D eigenvalue weighted by molar-refractivity contribution is 5.03. The molecule has 3 nitrogen and oxygen atoms in total. The van der Waals surface area contributed by atoms with Crippen LogP contribution in [0.25, 0.3) is 0 Å². The summed E-state index contributed by atoms with van der Waals surface area (Å²) < 4.78 is 2.29. The maximum atomic E-state index is 4.54. The van der Waals surface area contributed by atoms with E-state index in [0.29, 0.717) is 12.0 Å². The van der Waals surface area contributed by atoms with Gasteiger partial charge >= 0.3 is 0 Å². The van der Waals surface area contributed by atoms with E-state index in [2.05, 4.69) is 34.9 Å². The first kappa shape index (κ1) is 11.6. The molecule has 1 fully saturated rings. The first-order chi connectivity index (χ1) is 7.85. The van der Waals surface area contributed by atoms with Gasteiger partial charge in [0.15, 0.2) is 0 Å². The molecule has 90 valence electrons. The fraction of sp³-hybridized carbons (Fsp3) is 0.769. The molecule has 0 saturated heterocycles. The Kier molecular flexibility index (Phi) is 3.99. The minimum Gasteiger partial charge on any atom is -0.335 e. The van der Waals surface area contributed by atoms with Crippen molar-refractivity contribution in [2.45, 2.75) is 58.0 Å². The average Bonchev–Trinajstić information content (AvgIpc) is 2.78. The third-order valence-electron chi connectivity index (χ3n) is 3.62. The van der Waals surface area contributed by atoms with Crippen molar-refractivity contribution in [3.63, 3.8) is 0 Å². The summed E-state index contributed by atoms with van der Waals surface area (Å²) >= 11 is 0. The lowest BCUT2D eigenvalue weighted by molar-refractivity contribution is 0.331. The van der Waals surface area contributed by atoms with Gasteiger partial charge in [0.1, 0.15) is 5.82 Å². The first-order valence-electron chi connectivity index (χ1n) is 6.59. The highest BCUT2D eigenvalue weighted by atomic mass is 15.1. The van der Waals surface area contributed by atoms with E-state index in [-0.39, 0.29) is 0 Å². The van der Waals surface area contributed by atoms with Crippen LogP contribution in [0.15, 0.2) is 12.4 Å². The Morgan fingerprint density at radius 2 is 2.31 bits per heavy atom. The second kappa shape index (κ2) is 5.48. The zero-order chi connectivity index (χ0) is 11.4. The van der Waals surface area contributed by atoms with Crippen LogP contribution in [0.1, 0.15) is 51.3 Å². The van der Waals surface area contributed by atoms with Crippen molar-refractivity contribution in [1.29, 1.82) is 0 Å². The number of rotatable bonds is 4. The number of hydrogen-bond acceptors (Lipinski definition) is 2. The molecule has 1 saturated carbocycles. The van der Waals surface area contributed by atoms with E-state index in [4.69, 9.17) is 0 Å². The molecule has 0 aromatic carbocycles. The van der Waals surface area contributed by atoms with E-state index in [1.54, 1.807) is 0 Å². The number of nitrogens with zero attached hydrogens (tertiary/aromatic N) is 2. The maximum Gasteiger partial charge on any atom is 0.111 e. The third kappa shape index (κ3) is 2.46. The van der Waals surface area contributed by atoms with Crippen LogP contribution < -0.4 is 5.32 Å². The fourth-order valence-electron chi connectivity index (χ4n) is 2.85. The van der Waals surface area contributed by atoms with Gasteiger partial charge in [0, 0.05) is 30.9 Å². The van der Waals surface area contributed by atoms with Crippen molar-refractivity contribution in [3.8, 4) is 0 Å². The first-order valence-corrected chi connectivity index (χ1v) is 6.59. The Bertz CT molecular complexity index is 317. The Morgan fingerprint density at radius 1 is 1.44 bits per heavy atom. The van der Waals surface area contributed by atoms with Gasteiger partial charge in [-0.2, -0.15) is 0 Å². The summed E-state index contributed by atoms with van der Waals surface area (Å²) in [6.07, 6.45) is 9.27. The number of imidazole rings is 1. The highest BCUT2D eigenvalue weighted by Crippen LogP contribution is 2.31. The average molecular weight is 221 g/mol. The molecule has 1 aromatic rings. The van der Waals surface area contributed by atoms with Gasteiger partial charge in [0.25, 0.3) is 0 Å². The normalized spacial score (nSPS) is 25.9. The number of aromatic nitrogens is 2. The maximum absolute atomic E-state index is 4.54. The molecule has 2 unspecified atom stereocenters. The fourth-order valence-corrected chi connectivity index (χ4v) is 2.85. The van der Waals surface area contributed by atoms with Crippen molar-refractivity contribution in [2.24, 2.45) is 0 Å². The molecule has 0 amide bonds. The standard InChI is InChI=1S/C13H23N3/c1-3-14-12-7-5-6-11(10-12)13-15-8-9-16(13)4-2/h8-9,11-12,14H,3-7,10H2,1-2H3. The molecular formula is C13H23N3. The summed E-state index contributed by atoms with van der Waals surface area (Å²) in [5, 5.41) is 3.58. The molecule has 16 heavy (non-hydrogen) atoms. The van der Waals surface area contributed by atoms with E-state index in [1.807, 2.05) is 6.20 Å². The molecule has 0 aliphatic heterocycles. The lowest BCUT2D eigenvalue weighted by Gasteiger charge is -2.29. The third-order valence-corrected chi connectivity index (χ3v) is 3.62. The monoisotopic (exact) mass is 221 g/mol. The number of hydrogen-bond donors (Lipinski definition) is 1. The van der Waals surface area contributed by atoms with E-state index < -0.39 is 0 Å². The second-order valence-corrected chi connectivity index (χ2v) is 4.69. The molecule has 1 aromatic heterocycles. The molecule has 1 heterocycles. The van der Waals surface area contributed by atoms with Gasteiger partial charge in [0.2, 0.25) is 0 Å². The summed E-state index contributed by atoms with van der Waals surface area (Å²) in [6, 6.07) is 0.700. The van der Waals surface area contributed by atoms with Crippen LogP contribution in [-0.2, 0) is 6.54 Å². The highest BCUT2D eigenvalue weighted by Gasteiger charge is 2.25. The van der Waals surface area contributed by atoms with Crippen LogP contribution in [0, 0.1) is 0 Å². The minimum absolute atomic E-state index is 0.660. The van der Waals surface area contributed by atoms with Gasteiger partial charge in [-0.25, -0.2) is 4.98 Å². The second-order valence-electron chi connectivity index (χ2n) is 4.69. The molecule has 1 aliphatic carbocycles. The van der Waals surface area contributed by atoms with Crippen LogP contribution in [0.3, 0.4) is 0 Å². The van der Waals surface area contributed by atoms with E-state index in [0.717, 1.165) is 13.1 Å². The van der Waals surface area contributed by atoms with Crippen LogP contribution >= 0.6 is 0 Å². The van der Waals surface area contributed by atoms with Crippen molar-refractivity contribution in [1.82, 2.24) is 14.9 Å². The lowest BCUT2D eigenvalue weighted by Crippen LogP contribution is -2.33. The molecule has 0 radical (unpaired) electrons. The predicted molar refractivity (Wildman–Crippen MR) is 66.6 cm³/mol. The zero-order valence-electron chi connectivity index (χ0n) is 10.4. The summed E-state index contributed by atoms with van der Waals surface area (Å²) in [4.78, 5) is 4.54. The molecule has 1 aliphatic rings. The quantitative estimate of drug-likeness (QED) is 0.846. The molecule has 2 atom stereocenters. The molecule has 3 heteroatoms. The largest absolute Gasteiger partial charge is 0.335 e. The molecule has 1 N–H and O–H groups in total. The molecule has 0 spiro atoms. The van der Waals surface area contributed by atoms with Crippen LogP contribution in [0.2, 0.25) is 0 Å². The van der Waals surface area contributed by atoms with Crippen LogP contribution in [-0.4, -0.2) is 22.1 Å². The summed E-state index contributed by atoms with van der Waals surface area (Å²) in [7, 11) is 0. The van der Waals surface area contributed by atoms with E-state index >= 15 is 0 Å². The van der Waals surface area contributed by atoms with Crippen LogP contribution in [0.4, 0.5) is 0 Å². The lowest BCUT2D eigenvalue weighted by atomic mass is 9.85. The van der Waals surface area contributed by atoms with Gasteiger partial charge in [0.05, 0.1) is 0 Å². The summed E-state index contributed by atoms with van der Waals surface area (Å²) in [6.45, 7) is 6.50. The molecule has 0 bridgehead atoms. The number of aryl methyl sites for hydroxylation is 1.